The molecule has 1 aromatic carbocycles. The van der Waals surface area contributed by atoms with Gasteiger partial charge in [0.05, 0.1) is 32.5 Å². The first-order valence-electron chi connectivity index (χ1n) is 6.94. The van der Waals surface area contributed by atoms with Crippen LogP contribution in [0.5, 0.6) is 0 Å². The van der Waals surface area contributed by atoms with Crippen LogP contribution in [0.1, 0.15) is 26.3 Å². The van der Waals surface area contributed by atoms with Gasteiger partial charge in [0.25, 0.3) is 0 Å². The maximum Gasteiger partial charge on any atom is 0.332 e. The number of esters is 1. The van der Waals surface area contributed by atoms with Gasteiger partial charge in [0.2, 0.25) is 0 Å². The van der Waals surface area contributed by atoms with Crippen molar-refractivity contribution in [2.24, 2.45) is 5.73 Å². The fourth-order valence-electron chi connectivity index (χ4n) is 1.82. The van der Waals surface area contributed by atoms with Gasteiger partial charge in [-0.3, -0.25) is 0 Å². The van der Waals surface area contributed by atoms with E-state index in [2.05, 4.69) is 0 Å². The molecule has 0 aliphatic carbocycles. The molecule has 1 atom stereocenters. The zero-order chi connectivity index (χ0) is 15.9. The quantitative estimate of drug-likeness (QED) is 0.614. The molecule has 0 saturated carbocycles. The van der Waals surface area contributed by atoms with Crippen LogP contribution in [0.4, 0.5) is 0 Å². The largest absolute Gasteiger partial charge is 0.467 e. The molecule has 0 fully saturated rings. The van der Waals surface area contributed by atoms with E-state index in [4.69, 9.17) is 19.9 Å². The molecule has 2 N–H and O–H groups in total. The second-order valence-electron chi connectivity index (χ2n) is 5.84. The van der Waals surface area contributed by atoms with Crippen LogP contribution in [0.2, 0.25) is 0 Å². The predicted molar refractivity (Wildman–Crippen MR) is 80.8 cm³/mol. The van der Waals surface area contributed by atoms with Crippen LogP contribution < -0.4 is 5.73 Å². The van der Waals surface area contributed by atoms with Crippen molar-refractivity contribution >= 4 is 5.97 Å². The highest BCUT2D eigenvalue weighted by atomic mass is 16.5. The van der Waals surface area contributed by atoms with E-state index in [9.17, 15) is 4.79 Å². The summed E-state index contributed by atoms with van der Waals surface area (Å²) in [6.07, 6.45) is 0. The molecule has 5 nitrogen and oxygen atoms in total. The third-order valence-electron chi connectivity index (χ3n) is 2.93. The SMILES string of the molecule is COC(=O)C(N)(COCCOC(C)(C)C)c1ccccc1. The first-order valence-corrected chi connectivity index (χ1v) is 6.94. The van der Waals surface area contributed by atoms with E-state index in [-0.39, 0.29) is 12.2 Å². The van der Waals surface area contributed by atoms with E-state index in [1.807, 2.05) is 39.0 Å². The maximum absolute atomic E-state index is 12.0. The molecular formula is C16H25NO4. The molecule has 21 heavy (non-hydrogen) atoms. The van der Waals surface area contributed by atoms with Gasteiger partial charge in [-0.25, -0.2) is 4.79 Å². The molecule has 0 aliphatic heterocycles. The minimum atomic E-state index is -1.31. The molecule has 118 valence electrons. The van der Waals surface area contributed by atoms with Crippen molar-refractivity contribution in [3.8, 4) is 0 Å². The zero-order valence-electron chi connectivity index (χ0n) is 13.2. The van der Waals surface area contributed by atoms with Gasteiger partial charge in [0.15, 0.2) is 5.54 Å². The standard InChI is InChI=1S/C16H25NO4/c1-15(2,3)21-11-10-20-12-16(17,14(18)19-4)13-8-6-5-7-9-13/h5-9H,10-12,17H2,1-4H3. The Hall–Kier alpha value is -1.43. The van der Waals surface area contributed by atoms with Crippen molar-refractivity contribution in [1.82, 2.24) is 0 Å². The van der Waals surface area contributed by atoms with E-state index in [1.54, 1.807) is 12.1 Å². The summed E-state index contributed by atoms with van der Waals surface area (Å²) < 4.78 is 15.9. The topological polar surface area (TPSA) is 70.8 Å². The Bertz CT molecular complexity index is 441. The van der Waals surface area contributed by atoms with Gasteiger partial charge >= 0.3 is 5.97 Å². The molecule has 0 bridgehead atoms. The van der Waals surface area contributed by atoms with Gasteiger partial charge in [0, 0.05) is 0 Å². The lowest BCUT2D eigenvalue weighted by atomic mass is 9.92. The summed E-state index contributed by atoms with van der Waals surface area (Å²) in [6, 6.07) is 9.07. The second kappa shape index (κ2) is 7.54. The highest BCUT2D eigenvalue weighted by molar-refractivity contribution is 5.82. The molecule has 1 rings (SSSR count). The highest BCUT2D eigenvalue weighted by Gasteiger charge is 2.37. The second-order valence-corrected chi connectivity index (χ2v) is 5.84. The van der Waals surface area contributed by atoms with E-state index in [1.165, 1.54) is 7.11 Å². The molecule has 0 radical (unpaired) electrons. The van der Waals surface area contributed by atoms with Gasteiger partial charge in [-0.05, 0) is 26.3 Å². The van der Waals surface area contributed by atoms with Crippen LogP contribution in [0.15, 0.2) is 30.3 Å². The Morgan fingerprint density at radius 3 is 2.29 bits per heavy atom. The summed E-state index contributed by atoms with van der Waals surface area (Å²) in [5.41, 5.74) is 5.34. The van der Waals surface area contributed by atoms with E-state index < -0.39 is 11.5 Å². The van der Waals surface area contributed by atoms with Crippen LogP contribution in [0, 0.1) is 0 Å². The third-order valence-corrected chi connectivity index (χ3v) is 2.93. The van der Waals surface area contributed by atoms with Crippen molar-refractivity contribution in [2.75, 3.05) is 26.9 Å². The van der Waals surface area contributed by atoms with E-state index >= 15 is 0 Å². The lowest BCUT2D eigenvalue weighted by molar-refractivity contribution is -0.150. The zero-order valence-corrected chi connectivity index (χ0v) is 13.2. The minimum Gasteiger partial charge on any atom is -0.467 e. The Morgan fingerprint density at radius 2 is 1.76 bits per heavy atom. The predicted octanol–water partition coefficient (Wildman–Crippen LogP) is 1.85. The first-order chi connectivity index (χ1) is 9.79. The van der Waals surface area contributed by atoms with Crippen molar-refractivity contribution in [2.45, 2.75) is 31.9 Å². The first kappa shape index (κ1) is 17.6. The summed E-state index contributed by atoms with van der Waals surface area (Å²) in [7, 11) is 1.32. The number of hydrogen-bond donors (Lipinski definition) is 1. The summed E-state index contributed by atoms with van der Waals surface area (Å²) in [4.78, 5) is 12.0. The molecule has 0 aromatic heterocycles. The Labute approximate surface area is 126 Å². The Kier molecular flexibility index (Phi) is 6.33. The van der Waals surface area contributed by atoms with Gasteiger partial charge in [-0.1, -0.05) is 30.3 Å². The molecule has 5 heteroatoms. The van der Waals surface area contributed by atoms with Crippen molar-refractivity contribution in [3.63, 3.8) is 0 Å². The van der Waals surface area contributed by atoms with Crippen LogP contribution in [-0.2, 0) is 24.5 Å². The summed E-state index contributed by atoms with van der Waals surface area (Å²) in [6.45, 7) is 6.75. The molecule has 0 spiro atoms. The molecule has 0 amide bonds. The van der Waals surface area contributed by atoms with E-state index in [0.29, 0.717) is 18.8 Å². The van der Waals surface area contributed by atoms with Crippen molar-refractivity contribution in [1.29, 1.82) is 0 Å². The van der Waals surface area contributed by atoms with Crippen LogP contribution in [0.3, 0.4) is 0 Å². The fraction of sp³-hybridized carbons (Fsp3) is 0.562. The molecule has 0 heterocycles. The fourth-order valence-corrected chi connectivity index (χ4v) is 1.82. The Balaban J connectivity index is 2.62. The summed E-state index contributed by atoms with van der Waals surface area (Å²) >= 11 is 0. The monoisotopic (exact) mass is 295 g/mol. The lowest BCUT2D eigenvalue weighted by Crippen LogP contribution is -2.49. The number of carbonyl (C=O) groups is 1. The third kappa shape index (κ3) is 5.46. The van der Waals surface area contributed by atoms with Crippen LogP contribution in [-0.4, -0.2) is 38.5 Å². The van der Waals surface area contributed by atoms with Gasteiger partial charge in [-0.15, -0.1) is 0 Å². The van der Waals surface area contributed by atoms with Crippen LogP contribution >= 0.6 is 0 Å². The molecule has 0 saturated heterocycles. The number of methoxy groups -OCH3 is 1. The van der Waals surface area contributed by atoms with Crippen molar-refractivity contribution in [3.05, 3.63) is 35.9 Å². The molecular weight excluding hydrogens is 270 g/mol. The summed E-state index contributed by atoms with van der Waals surface area (Å²) in [5.74, 6) is -0.523. The number of rotatable bonds is 7. The van der Waals surface area contributed by atoms with Crippen LogP contribution in [0.25, 0.3) is 0 Å². The number of benzene rings is 1. The molecule has 1 unspecified atom stereocenters. The number of ether oxygens (including phenoxy) is 3. The Morgan fingerprint density at radius 1 is 1.14 bits per heavy atom. The molecule has 0 aliphatic rings. The van der Waals surface area contributed by atoms with Crippen molar-refractivity contribution < 1.29 is 19.0 Å². The number of nitrogens with two attached hydrogens (primary N) is 1. The number of hydrogen-bond acceptors (Lipinski definition) is 5. The van der Waals surface area contributed by atoms with E-state index in [0.717, 1.165) is 0 Å². The average Bonchev–Trinajstić information content (AvgIpc) is 2.45. The highest BCUT2D eigenvalue weighted by Crippen LogP contribution is 2.20. The van der Waals surface area contributed by atoms with Gasteiger partial charge in [-0.2, -0.15) is 0 Å². The smallest absolute Gasteiger partial charge is 0.332 e. The maximum atomic E-state index is 12.0. The number of carbonyl (C=O) groups excluding carboxylic acids is 1. The van der Waals surface area contributed by atoms with Gasteiger partial charge < -0.3 is 19.9 Å². The lowest BCUT2D eigenvalue weighted by Gasteiger charge is -2.27. The normalized spacial score (nSPS) is 14.5. The minimum absolute atomic E-state index is 0.0389. The molecule has 1 aromatic rings. The van der Waals surface area contributed by atoms with Gasteiger partial charge in [0.1, 0.15) is 0 Å². The summed E-state index contributed by atoms with van der Waals surface area (Å²) in [5, 5.41) is 0. The average molecular weight is 295 g/mol.